The molecule has 1 aliphatic heterocycles. The van der Waals surface area contributed by atoms with Crippen LogP contribution in [-0.4, -0.2) is 41.8 Å². The molecular weight excluding hydrogens is 478 g/mol. The molecule has 5 nitrogen and oxygen atoms in total. The number of hydrogen-bond acceptors (Lipinski definition) is 3. The standard InChI is InChI=1S/C21H17ClF6N2O3/c22-15-11-12(8-9-13(15)14-5-1-2-7-17(14)33-21(26,27)28)29-18(31)16-6-3-4-10-30(16)19(32)20(23,24)25/h1-2,5,7-9,11,16H,3-4,6,10H2,(H,29,31). The first-order valence-corrected chi connectivity index (χ1v) is 10.1. The quantitative estimate of drug-likeness (QED) is 0.548. The summed E-state index contributed by atoms with van der Waals surface area (Å²) in [7, 11) is 0. The number of piperidine rings is 1. The molecule has 3 rings (SSSR count). The number of carbonyl (C=O) groups is 2. The van der Waals surface area contributed by atoms with E-state index in [-0.39, 0.29) is 34.8 Å². The van der Waals surface area contributed by atoms with Gasteiger partial charge in [-0.05, 0) is 37.5 Å². The zero-order valence-corrected chi connectivity index (χ0v) is 17.5. The largest absolute Gasteiger partial charge is 0.573 e. The number of alkyl halides is 6. The third kappa shape index (κ3) is 6.10. The summed E-state index contributed by atoms with van der Waals surface area (Å²) in [6.45, 7) is -0.202. The van der Waals surface area contributed by atoms with Crippen molar-refractivity contribution in [2.75, 3.05) is 11.9 Å². The summed E-state index contributed by atoms with van der Waals surface area (Å²) in [5.74, 6) is -3.39. The van der Waals surface area contributed by atoms with Crippen LogP contribution >= 0.6 is 11.6 Å². The Bertz CT molecular complexity index is 1040. The molecular formula is C21H17ClF6N2O3. The average Bonchev–Trinajstić information content (AvgIpc) is 2.72. The predicted octanol–water partition coefficient (Wildman–Crippen LogP) is 5.79. The molecule has 1 saturated heterocycles. The number of nitrogens with zero attached hydrogens (tertiary/aromatic N) is 1. The molecule has 1 aliphatic rings. The molecule has 0 saturated carbocycles. The van der Waals surface area contributed by atoms with E-state index in [0.29, 0.717) is 17.7 Å². The third-order valence-electron chi connectivity index (χ3n) is 4.95. The number of halogens is 7. The molecule has 1 heterocycles. The second-order valence-electron chi connectivity index (χ2n) is 7.24. The molecule has 1 unspecified atom stereocenters. The van der Waals surface area contributed by atoms with Crippen molar-refractivity contribution in [3.05, 3.63) is 47.5 Å². The summed E-state index contributed by atoms with van der Waals surface area (Å²) >= 11 is 6.21. The van der Waals surface area contributed by atoms with Crippen molar-refractivity contribution in [1.82, 2.24) is 4.90 Å². The Morgan fingerprint density at radius 1 is 1.00 bits per heavy atom. The second-order valence-corrected chi connectivity index (χ2v) is 7.64. The first-order chi connectivity index (χ1) is 15.4. The van der Waals surface area contributed by atoms with Crippen LogP contribution in [0.1, 0.15) is 19.3 Å². The zero-order chi connectivity index (χ0) is 24.4. The second kappa shape index (κ2) is 9.50. The molecule has 178 valence electrons. The Labute approximate surface area is 189 Å². The Morgan fingerprint density at radius 2 is 1.70 bits per heavy atom. The van der Waals surface area contributed by atoms with Crippen LogP contribution in [0.2, 0.25) is 5.02 Å². The number of para-hydroxylation sites is 1. The van der Waals surface area contributed by atoms with Crippen LogP contribution < -0.4 is 10.1 Å². The van der Waals surface area contributed by atoms with Gasteiger partial charge in [-0.1, -0.05) is 35.9 Å². The molecule has 2 amide bonds. The molecule has 0 bridgehead atoms. The number of amides is 2. The number of rotatable bonds is 4. The summed E-state index contributed by atoms with van der Waals surface area (Å²) in [4.78, 5) is 24.8. The van der Waals surface area contributed by atoms with Crippen LogP contribution in [0, 0.1) is 0 Å². The van der Waals surface area contributed by atoms with Crippen molar-refractivity contribution < 1.29 is 40.7 Å². The van der Waals surface area contributed by atoms with E-state index in [1.54, 1.807) is 0 Å². The maximum Gasteiger partial charge on any atom is 0.573 e. The predicted molar refractivity (Wildman–Crippen MR) is 108 cm³/mol. The Morgan fingerprint density at radius 3 is 2.33 bits per heavy atom. The van der Waals surface area contributed by atoms with E-state index >= 15 is 0 Å². The molecule has 2 aromatic rings. The maximum absolute atomic E-state index is 12.9. The monoisotopic (exact) mass is 494 g/mol. The van der Waals surface area contributed by atoms with E-state index in [9.17, 15) is 35.9 Å². The van der Waals surface area contributed by atoms with Crippen LogP contribution in [0.4, 0.5) is 32.0 Å². The van der Waals surface area contributed by atoms with Crippen molar-refractivity contribution in [1.29, 1.82) is 0 Å². The van der Waals surface area contributed by atoms with E-state index in [2.05, 4.69) is 10.1 Å². The topological polar surface area (TPSA) is 58.6 Å². The first kappa shape index (κ1) is 24.7. The van der Waals surface area contributed by atoms with Gasteiger partial charge >= 0.3 is 18.4 Å². The van der Waals surface area contributed by atoms with Gasteiger partial charge in [0.05, 0.1) is 5.02 Å². The fraction of sp³-hybridized carbons (Fsp3) is 0.333. The summed E-state index contributed by atoms with van der Waals surface area (Å²) in [6.07, 6.45) is -9.16. The SMILES string of the molecule is O=C(Nc1ccc(-c2ccccc2OC(F)(F)F)c(Cl)c1)C1CCCCN1C(=O)C(F)(F)F. The molecule has 1 fully saturated rings. The number of hydrogen-bond donors (Lipinski definition) is 1. The minimum Gasteiger partial charge on any atom is -0.405 e. The van der Waals surface area contributed by atoms with Gasteiger partial charge in [-0.2, -0.15) is 13.2 Å². The molecule has 33 heavy (non-hydrogen) atoms. The lowest BCUT2D eigenvalue weighted by Crippen LogP contribution is -2.53. The third-order valence-corrected chi connectivity index (χ3v) is 5.26. The van der Waals surface area contributed by atoms with Crippen molar-refractivity contribution >= 4 is 29.1 Å². The van der Waals surface area contributed by atoms with Gasteiger partial charge in [0.2, 0.25) is 5.91 Å². The van der Waals surface area contributed by atoms with Gasteiger partial charge in [0.1, 0.15) is 11.8 Å². The highest BCUT2D eigenvalue weighted by Crippen LogP contribution is 2.38. The Kier molecular flexibility index (Phi) is 7.11. The van der Waals surface area contributed by atoms with E-state index in [0.717, 1.165) is 6.07 Å². The van der Waals surface area contributed by atoms with E-state index in [1.165, 1.54) is 36.4 Å². The molecule has 0 radical (unpaired) electrons. The van der Waals surface area contributed by atoms with E-state index in [4.69, 9.17) is 11.6 Å². The van der Waals surface area contributed by atoms with Gasteiger partial charge in [-0.25, -0.2) is 0 Å². The molecule has 0 aliphatic carbocycles. The van der Waals surface area contributed by atoms with Crippen LogP contribution in [0.5, 0.6) is 5.75 Å². The number of likely N-dealkylation sites (tertiary alicyclic amines) is 1. The zero-order valence-electron chi connectivity index (χ0n) is 16.8. The van der Waals surface area contributed by atoms with Crippen LogP contribution in [0.25, 0.3) is 11.1 Å². The molecule has 0 aromatic heterocycles. The Balaban J connectivity index is 1.81. The van der Waals surface area contributed by atoms with Gasteiger partial charge in [0.25, 0.3) is 0 Å². The first-order valence-electron chi connectivity index (χ1n) is 9.70. The van der Waals surface area contributed by atoms with Crippen LogP contribution in [-0.2, 0) is 9.59 Å². The van der Waals surface area contributed by atoms with Crippen LogP contribution in [0.3, 0.4) is 0 Å². The highest BCUT2D eigenvalue weighted by atomic mass is 35.5. The van der Waals surface area contributed by atoms with Crippen molar-refractivity contribution in [3.63, 3.8) is 0 Å². The fourth-order valence-electron chi connectivity index (χ4n) is 3.55. The number of benzene rings is 2. The van der Waals surface area contributed by atoms with Gasteiger partial charge in [-0.15, -0.1) is 13.2 Å². The molecule has 1 N–H and O–H groups in total. The fourth-order valence-corrected chi connectivity index (χ4v) is 3.83. The normalized spacial score (nSPS) is 16.9. The molecule has 0 spiro atoms. The van der Waals surface area contributed by atoms with Crippen molar-refractivity contribution in [2.24, 2.45) is 0 Å². The molecule has 12 heteroatoms. The molecule has 2 aromatic carbocycles. The highest BCUT2D eigenvalue weighted by molar-refractivity contribution is 6.33. The number of nitrogens with one attached hydrogen (secondary N) is 1. The number of carbonyl (C=O) groups excluding carboxylic acids is 2. The van der Waals surface area contributed by atoms with E-state index < -0.39 is 36.1 Å². The van der Waals surface area contributed by atoms with Crippen LogP contribution in [0.15, 0.2) is 42.5 Å². The maximum atomic E-state index is 12.9. The minimum absolute atomic E-state index is 0.0297. The summed E-state index contributed by atoms with van der Waals surface area (Å²) < 4.78 is 80.7. The lowest BCUT2D eigenvalue weighted by Gasteiger charge is -2.35. The summed E-state index contributed by atoms with van der Waals surface area (Å²) in [5.41, 5.74) is 0.334. The average molecular weight is 495 g/mol. The minimum atomic E-state index is -5.10. The van der Waals surface area contributed by atoms with Gasteiger partial charge in [0.15, 0.2) is 0 Å². The van der Waals surface area contributed by atoms with Gasteiger partial charge in [-0.3, -0.25) is 9.59 Å². The summed E-state index contributed by atoms with van der Waals surface area (Å²) in [5, 5.41) is 2.39. The lowest BCUT2D eigenvalue weighted by molar-refractivity contribution is -0.274. The Hall–Kier alpha value is -2.95. The number of anilines is 1. The van der Waals surface area contributed by atoms with Gasteiger partial charge < -0.3 is 15.0 Å². The lowest BCUT2D eigenvalue weighted by atomic mass is 10.0. The van der Waals surface area contributed by atoms with Gasteiger partial charge in [0, 0.05) is 23.4 Å². The van der Waals surface area contributed by atoms with Crippen molar-refractivity contribution in [2.45, 2.75) is 37.8 Å². The molecule has 1 atom stereocenters. The van der Waals surface area contributed by atoms with E-state index in [1.807, 2.05) is 0 Å². The van der Waals surface area contributed by atoms with Crippen molar-refractivity contribution in [3.8, 4) is 16.9 Å². The highest BCUT2D eigenvalue weighted by Gasteiger charge is 2.46. The smallest absolute Gasteiger partial charge is 0.405 e. The summed E-state index contributed by atoms with van der Waals surface area (Å²) in [6, 6.07) is 7.93. The number of ether oxygens (including phenoxy) is 1.